The molecule has 0 aliphatic heterocycles. The Kier molecular flexibility index (Phi) is 6.93. The molecule has 2 N–H and O–H groups in total. The number of carbonyl (C=O) groups excluding carboxylic acids is 1. The number of nitrogens with zero attached hydrogens (tertiary/aromatic N) is 2. The third kappa shape index (κ3) is 5.62. The van der Waals surface area contributed by atoms with E-state index < -0.39 is 10.0 Å². The summed E-state index contributed by atoms with van der Waals surface area (Å²) in [6, 6.07) is 22.0. The van der Waals surface area contributed by atoms with Gasteiger partial charge in [-0.25, -0.2) is 8.42 Å². The first kappa shape index (κ1) is 23.1. The van der Waals surface area contributed by atoms with Crippen LogP contribution in [0.15, 0.2) is 96.2 Å². The molecular weight excluding hydrogens is 452 g/mol. The SMILES string of the molecule is COc1ccc(NS(=O)(=O)c2ccc(C(=O)NCc3ccccc3Cn3cccn3)cc2)cc1. The summed E-state index contributed by atoms with van der Waals surface area (Å²) in [5, 5.41) is 7.13. The van der Waals surface area contributed by atoms with Gasteiger partial charge in [0.1, 0.15) is 5.75 Å². The van der Waals surface area contributed by atoms with E-state index in [1.165, 1.54) is 31.4 Å². The molecule has 0 saturated carbocycles. The van der Waals surface area contributed by atoms with Crippen LogP contribution in [0.25, 0.3) is 0 Å². The fraction of sp³-hybridized carbons (Fsp3) is 0.120. The van der Waals surface area contributed by atoms with E-state index in [1.807, 2.05) is 41.2 Å². The van der Waals surface area contributed by atoms with Crippen molar-refractivity contribution in [1.29, 1.82) is 0 Å². The van der Waals surface area contributed by atoms with E-state index in [9.17, 15) is 13.2 Å². The average molecular weight is 477 g/mol. The molecule has 0 atom stereocenters. The predicted octanol–water partition coefficient (Wildman–Crippen LogP) is 3.67. The van der Waals surface area contributed by atoms with Gasteiger partial charge in [0, 0.05) is 30.2 Å². The second-order valence-corrected chi connectivity index (χ2v) is 9.20. The van der Waals surface area contributed by atoms with Crippen LogP contribution in [0.1, 0.15) is 21.5 Å². The zero-order valence-electron chi connectivity index (χ0n) is 18.5. The van der Waals surface area contributed by atoms with Gasteiger partial charge >= 0.3 is 0 Å². The highest BCUT2D eigenvalue weighted by Gasteiger charge is 2.15. The topological polar surface area (TPSA) is 102 Å². The van der Waals surface area contributed by atoms with Gasteiger partial charge in [-0.1, -0.05) is 24.3 Å². The smallest absolute Gasteiger partial charge is 0.261 e. The summed E-state index contributed by atoms with van der Waals surface area (Å²) in [5.41, 5.74) is 2.82. The molecule has 1 heterocycles. The monoisotopic (exact) mass is 476 g/mol. The molecule has 3 aromatic carbocycles. The fourth-order valence-corrected chi connectivity index (χ4v) is 4.45. The first-order valence-corrected chi connectivity index (χ1v) is 12.0. The quantitative estimate of drug-likeness (QED) is 0.384. The molecule has 1 aromatic heterocycles. The minimum Gasteiger partial charge on any atom is -0.497 e. The third-order valence-electron chi connectivity index (χ3n) is 5.22. The molecule has 0 radical (unpaired) electrons. The second kappa shape index (κ2) is 10.2. The number of methoxy groups -OCH3 is 1. The summed E-state index contributed by atoms with van der Waals surface area (Å²) >= 11 is 0. The van der Waals surface area contributed by atoms with E-state index in [2.05, 4.69) is 15.1 Å². The van der Waals surface area contributed by atoms with Crippen LogP contribution in [0.2, 0.25) is 0 Å². The number of nitrogens with one attached hydrogen (secondary N) is 2. The Labute approximate surface area is 198 Å². The van der Waals surface area contributed by atoms with Crippen LogP contribution < -0.4 is 14.8 Å². The van der Waals surface area contributed by atoms with Gasteiger partial charge in [0.2, 0.25) is 0 Å². The van der Waals surface area contributed by atoms with Gasteiger partial charge in [0.05, 0.1) is 18.6 Å². The lowest BCUT2D eigenvalue weighted by Crippen LogP contribution is -2.23. The maximum absolute atomic E-state index is 12.7. The molecule has 0 aliphatic rings. The molecule has 0 spiro atoms. The molecule has 4 aromatic rings. The van der Waals surface area contributed by atoms with Crippen molar-refractivity contribution in [1.82, 2.24) is 15.1 Å². The van der Waals surface area contributed by atoms with E-state index >= 15 is 0 Å². The number of rotatable bonds is 9. The summed E-state index contributed by atoms with van der Waals surface area (Å²) in [5.74, 6) is 0.336. The molecule has 174 valence electrons. The number of aromatic nitrogens is 2. The fourth-order valence-electron chi connectivity index (χ4n) is 3.39. The lowest BCUT2D eigenvalue weighted by Gasteiger charge is -2.12. The number of carbonyl (C=O) groups is 1. The molecule has 34 heavy (non-hydrogen) atoms. The number of sulfonamides is 1. The first-order valence-electron chi connectivity index (χ1n) is 10.5. The highest BCUT2D eigenvalue weighted by atomic mass is 32.2. The largest absolute Gasteiger partial charge is 0.497 e. The molecule has 0 aliphatic carbocycles. The zero-order chi connectivity index (χ0) is 24.0. The summed E-state index contributed by atoms with van der Waals surface area (Å²) in [4.78, 5) is 12.7. The van der Waals surface area contributed by atoms with Crippen LogP contribution in [-0.4, -0.2) is 31.2 Å². The van der Waals surface area contributed by atoms with Crippen LogP contribution in [0.3, 0.4) is 0 Å². The Morgan fingerprint density at radius 3 is 2.29 bits per heavy atom. The normalized spacial score (nSPS) is 11.1. The van der Waals surface area contributed by atoms with Gasteiger partial charge < -0.3 is 10.1 Å². The number of benzene rings is 3. The van der Waals surface area contributed by atoms with Crippen LogP contribution >= 0.6 is 0 Å². The van der Waals surface area contributed by atoms with Crippen LogP contribution in [0.5, 0.6) is 5.75 Å². The van der Waals surface area contributed by atoms with Gasteiger partial charge in [-0.2, -0.15) is 5.10 Å². The number of ether oxygens (including phenoxy) is 1. The zero-order valence-corrected chi connectivity index (χ0v) is 19.3. The van der Waals surface area contributed by atoms with Gasteiger partial charge in [0.25, 0.3) is 15.9 Å². The second-order valence-electron chi connectivity index (χ2n) is 7.51. The lowest BCUT2D eigenvalue weighted by atomic mass is 10.1. The van der Waals surface area contributed by atoms with Crippen molar-refractivity contribution in [3.8, 4) is 5.75 Å². The van der Waals surface area contributed by atoms with Crippen LogP contribution in [-0.2, 0) is 23.1 Å². The van der Waals surface area contributed by atoms with E-state index in [4.69, 9.17) is 4.74 Å². The molecule has 0 fully saturated rings. The summed E-state index contributed by atoms with van der Waals surface area (Å²) in [6.07, 6.45) is 3.61. The van der Waals surface area contributed by atoms with Crippen molar-refractivity contribution >= 4 is 21.6 Å². The average Bonchev–Trinajstić information content (AvgIpc) is 3.37. The van der Waals surface area contributed by atoms with E-state index in [1.54, 1.807) is 30.5 Å². The number of amides is 1. The molecule has 4 rings (SSSR count). The molecule has 1 amide bonds. The number of hydrogen-bond acceptors (Lipinski definition) is 5. The summed E-state index contributed by atoms with van der Waals surface area (Å²) in [6.45, 7) is 0.947. The van der Waals surface area contributed by atoms with Crippen molar-refractivity contribution in [2.45, 2.75) is 18.0 Å². The van der Waals surface area contributed by atoms with E-state index in [0.29, 0.717) is 30.1 Å². The molecule has 0 bridgehead atoms. The maximum Gasteiger partial charge on any atom is 0.261 e. The molecule has 0 saturated heterocycles. The van der Waals surface area contributed by atoms with Gasteiger partial charge in [-0.3, -0.25) is 14.2 Å². The van der Waals surface area contributed by atoms with Gasteiger partial charge in [0.15, 0.2) is 0 Å². The highest BCUT2D eigenvalue weighted by molar-refractivity contribution is 7.92. The summed E-state index contributed by atoms with van der Waals surface area (Å²) < 4.78 is 34.7. The van der Waals surface area contributed by atoms with E-state index in [0.717, 1.165) is 11.1 Å². The Hall–Kier alpha value is -4.11. The molecular formula is C25H24N4O4S. The Morgan fingerprint density at radius 1 is 0.941 bits per heavy atom. The molecule has 0 unspecified atom stereocenters. The predicted molar refractivity (Wildman–Crippen MR) is 129 cm³/mol. The maximum atomic E-state index is 12.7. The Bertz CT molecular complexity index is 1350. The first-order chi connectivity index (χ1) is 16.4. The van der Waals surface area contributed by atoms with Crippen molar-refractivity contribution in [2.24, 2.45) is 0 Å². The van der Waals surface area contributed by atoms with Crippen molar-refractivity contribution in [3.05, 3.63) is 108 Å². The minimum absolute atomic E-state index is 0.0597. The van der Waals surface area contributed by atoms with Crippen LogP contribution in [0, 0.1) is 0 Å². The molecule has 9 heteroatoms. The van der Waals surface area contributed by atoms with Gasteiger partial charge in [-0.05, 0) is 65.7 Å². The Balaban J connectivity index is 1.39. The van der Waals surface area contributed by atoms with Crippen molar-refractivity contribution in [3.63, 3.8) is 0 Å². The number of anilines is 1. The lowest BCUT2D eigenvalue weighted by molar-refractivity contribution is 0.0950. The molecule has 8 nitrogen and oxygen atoms in total. The Morgan fingerprint density at radius 2 is 1.65 bits per heavy atom. The van der Waals surface area contributed by atoms with Crippen LogP contribution in [0.4, 0.5) is 5.69 Å². The third-order valence-corrected chi connectivity index (χ3v) is 6.62. The number of hydrogen-bond donors (Lipinski definition) is 2. The van der Waals surface area contributed by atoms with Gasteiger partial charge in [-0.15, -0.1) is 0 Å². The van der Waals surface area contributed by atoms with Crippen molar-refractivity contribution in [2.75, 3.05) is 11.8 Å². The highest BCUT2D eigenvalue weighted by Crippen LogP contribution is 2.20. The summed E-state index contributed by atoms with van der Waals surface area (Å²) in [7, 11) is -2.25. The van der Waals surface area contributed by atoms with E-state index in [-0.39, 0.29) is 10.8 Å². The standard InChI is InChI=1S/C25H24N4O4S/c1-33-23-11-9-22(10-12-23)28-34(31,32)24-13-7-19(8-14-24)25(30)26-17-20-5-2-3-6-21(20)18-29-16-4-15-27-29/h2-16,28H,17-18H2,1H3,(H,26,30). The van der Waals surface area contributed by atoms with Crippen molar-refractivity contribution < 1.29 is 17.9 Å². The minimum atomic E-state index is -3.79.